The first-order valence-corrected chi connectivity index (χ1v) is 4.44. The summed E-state index contributed by atoms with van der Waals surface area (Å²) in [4.78, 5) is 2.24. The average molecular weight is 173 g/mol. The van der Waals surface area contributed by atoms with Gasteiger partial charge in [-0.15, -0.1) is 0 Å². The van der Waals surface area contributed by atoms with Gasteiger partial charge in [-0.25, -0.2) is 0 Å². The smallest absolute Gasteiger partial charge is 0.0671 e. The van der Waals surface area contributed by atoms with Crippen molar-refractivity contribution in [3.8, 4) is 0 Å². The zero-order valence-corrected chi connectivity index (χ0v) is 8.21. The van der Waals surface area contributed by atoms with Gasteiger partial charge in [0.05, 0.1) is 12.7 Å². The number of hydrogen-bond donors (Lipinski definition) is 1. The molecule has 1 rings (SSSR count). The summed E-state index contributed by atoms with van der Waals surface area (Å²) in [6.07, 6.45) is 1.23. The number of likely N-dealkylation sites (tertiary alicyclic amines) is 1. The van der Waals surface area contributed by atoms with Crippen molar-refractivity contribution in [2.45, 2.75) is 19.4 Å². The van der Waals surface area contributed by atoms with E-state index >= 15 is 0 Å². The third kappa shape index (κ3) is 1.79. The predicted octanol–water partition coefficient (Wildman–Crippen LogP) is 0.336. The number of aliphatic hydroxyl groups excluding tert-OH is 1. The maximum absolute atomic E-state index is 9.26. The fourth-order valence-corrected chi connectivity index (χ4v) is 2.04. The van der Waals surface area contributed by atoms with Gasteiger partial charge in [0, 0.05) is 25.6 Å². The van der Waals surface area contributed by atoms with E-state index in [2.05, 4.69) is 18.9 Å². The minimum absolute atomic E-state index is 0.0816. The monoisotopic (exact) mass is 173 g/mol. The summed E-state index contributed by atoms with van der Waals surface area (Å²) in [5.74, 6) is 0. The molecule has 0 aliphatic carbocycles. The van der Waals surface area contributed by atoms with E-state index < -0.39 is 0 Å². The summed E-state index contributed by atoms with van der Waals surface area (Å²) >= 11 is 0. The Morgan fingerprint density at radius 3 is 2.83 bits per heavy atom. The first-order chi connectivity index (χ1) is 5.62. The van der Waals surface area contributed by atoms with Crippen molar-refractivity contribution in [3.05, 3.63) is 0 Å². The Labute approximate surface area is 74.3 Å². The van der Waals surface area contributed by atoms with E-state index in [1.807, 2.05) is 0 Å². The van der Waals surface area contributed by atoms with Crippen LogP contribution in [0.1, 0.15) is 13.3 Å². The summed E-state index contributed by atoms with van der Waals surface area (Å²) in [6.45, 7) is 4.27. The largest absolute Gasteiger partial charge is 0.396 e. The SMILES string of the molecule is COC1CCN(C)C[C@@]1(C)CO. The van der Waals surface area contributed by atoms with Crippen LogP contribution in [0.5, 0.6) is 0 Å². The van der Waals surface area contributed by atoms with Gasteiger partial charge in [0.25, 0.3) is 0 Å². The molecule has 0 aromatic rings. The third-order valence-corrected chi connectivity index (χ3v) is 2.83. The molecule has 2 atom stereocenters. The molecule has 72 valence electrons. The van der Waals surface area contributed by atoms with Crippen LogP contribution in [0.25, 0.3) is 0 Å². The Kier molecular flexibility index (Phi) is 3.09. The standard InChI is InChI=1S/C9H19NO2/c1-9(7-11)6-10(2)5-4-8(9)12-3/h8,11H,4-7H2,1-3H3/t8?,9-/m0/s1. The van der Waals surface area contributed by atoms with Gasteiger partial charge in [-0.3, -0.25) is 0 Å². The molecular formula is C9H19NO2. The molecule has 1 unspecified atom stereocenters. The summed E-state index contributed by atoms with van der Waals surface area (Å²) in [5.41, 5.74) is -0.0816. The van der Waals surface area contributed by atoms with Gasteiger partial charge < -0.3 is 14.7 Å². The molecule has 0 saturated carbocycles. The second-order valence-electron chi connectivity index (χ2n) is 4.06. The number of rotatable bonds is 2. The van der Waals surface area contributed by atoms with Crippen molar-refractivity contribution < 1.29 is 9.84 Å². The lowest BCUT2D eigenvalue weighted by Gasteiger charge is -2.43. The fraction of sp³-hybridized carbons (Fsp3) is 1.00. The molecule has 0 amide bonds. The van der Waals surface area contributed by atoms with E-state index in [1.54, 1.807) is 7.11 Å². The van der Waals surface area contributed by atoms with Crippen LogP contribution in [0, 0.1) is 5.41 Å². The second kappa shape index (κ2) is 3.73. The van der Waals surface area contributed by atoms with Crippen LogP contribution < -0.4 is 0 Å². The molecule has 0 bridgehead atoms. The molecule has 3 heteroatoms. The summed E-state index contributed by atoms with van der Waals surface area (Å²) in [7, 11) is 3.81. The minimum atomic E-state index is -0.0816. The Bertz CT molecular complexity index is 151. The average Bonchev–Trinajstić information content (AvgIpc) is 2.05. The van der Waals surface area contributed by atoms with Crippen molar-refractivity contribution in [1.29, 1.82) is 0 Å². The lowest BCUT2D eigenvalue weighted by atomic mass is 9.80. The van der Waals surface area contributed by atoms with Crippen molar-refractivity contribution >= 4 is 0 Å². The van der Waals surface area contributed by atoms with Crippen LogP contribution in [0.4, 0.5) is 0 Å². The molecule has 3 nitrogen and oxygen atoms in total. The normalized spacial score (nSPS) is 38.5. The van der Waals surface area contributed by atoms with Crippen LogP contribution in [0.2, 0.25) is 0 Å². The van der Waals surface area contributed by atoms with Crippen LogP contribution in [-0.2, 0) is 4.74 Å². The lowest BCUT2D eigenvalue weighted by molar-refractivity contribution is -0.0790. The van der Waals surface area contributed by atoms with Crippen LogP contribution in [-0.4, -0.2) is 50.0 Å². The topological polar surface area (TPSA) is 32.7 Å². The van der Waals surface area contributed by atoms with Crippen LogP contribution in [0.15, 0.2) is 0 Å². The van der Waals surface area contributed by atoms with Gasteiger partial charge in [0.2, 0.25) is 0 Å². The van der Waals surface area contributed by atoms with Gasteiger partial charge in [-0.2, -0.15) is 0 Å². The molecule has 1 N–H and O–H groups in total. The number of hydrogen-bond acceptors (Lipinski definition) is 3. The highest BCUT2D eigenvalue weighted by atomic mass is 16.5. The molecule has 0 radical (unpaired) electrons. The molecule has 1 aliphatic heterocycles. The Balaban J connectivity index is 2.63. The van der Waals surface area contributed by atoms with Gasteiger partial charge in [-0.1, -0.05) is 6.92 Å². The summed E-state index contributed by atoms with van der Waals surface area (Å²) < 4.78 is 5.36. The van der Waals surface area contributed by atoms with Crippen LogP contribution in [0.3, 0.4) is 0 Å². The molecular weight excluding hydrogens is 154 g/mol. The fourth-order valence-electron chi connectivity index (χ4n) is 2.04. The van der Waals surface area contributed by atoms with E-state index in [4.69, 9.17) is 4.74 Å². The quantitative estimate of drug-likeness (QED) is 0.653. The molecule has 1 saturated heterocycles. The molecule has 0 aromatic carbocycles. The van der Waals surface area contributed by atoms with Crippen molar-refractivity contribution in [3.63, 3.8) is 0 Å². The first-order valence-electron chi connectivity index (χ1n) is 4.44. The number of piperidine rings is 1. The first kappa shape index (κ1) is 9.96. The van der Waals surface area contributed by atoms with E-state index in [1.165, 1.54) is 0 Å². The molecule has 12 heavy (non-hydrogen) atoms. The van der Waals surface area contributed by atoms with E-state index in [-0.39, 0.29) is 18.1 Å². The summed E-state index contributed by atoms with van der Waals surface area (Å²) in [6, 6.07) is 0. The van der Waals surface area contributed by atoms with Crippen molar-refractivity contribution in [1.82, 2.24) is 4.90 Å². The number of ether oxygens (including phenoxy) is 1. The van der Waals surface area contributed by atoms with Crippen molar-refractivity contribution in [2.75, 3.05) is 33.9 Å². The highest BCUT2D eigenvalue weighted by Crippen LogP contribution is 2.30. The number of nitrogens with zero attached hydrogens (tertiary/aromatic N) is 1. The van der Waals surface area contributed by atoms with Gasteiger partial charge in [0.15, 0.2) is 0 Å². The van der Waals surface area contributed by atoms with E-state index in [0.717, 1.165) is 19.5 Å². The van der Waals surface area contributed by atoms with E-state index in [0.29, 0.717) is 0 Å². The lowest BCUT2D eigenvalue weighted by Crippen LogP contribution is -2.51. The molecule has 0 spiro atoms. The van der Waals surface area contributed by atoms with Gasteiger partial charge in [-0.05, 0) is 13.5 Å². The summed E-state index contributed by atoms with van der Waals surface area (Å²) in [5, 5.41) is 9.26. The maximum atomic E-state index is 9.26. The molecule has 1 fully saturated rings. The molecule has 1 aliphatic rings. The minimum Gasteiger partial charge on any atom is -0.396 e. The highest BCUT2D eigenvalue weighted by Gasteiger charge is 2.38. The zero-order valence-electron chi connectivity index (χ0n) is 8.21. The number of methoxy groups -OCH3 is 1. The predicted molar refractivity (Wildman–Crippen MR) is 48.1 cm³/mol. The maximum Gasteiger partial charge on any atom is 0.0671 e. The van der Waals surface area contributed by atoms with Gasteiger partial charge in [0.1, 0.15) is 0 Å². The number of aliphatic hydroxyl groups is 1. The Morgan fingerprint density at radius 2 is 2.33 bits per heavy atom. The van der Waals surface area contributed by atoms with Crippen molar-refractivity contribution in [2.24, 2.45) is 5.41 Å². The highest BCUT2D eigenvalue weighted by molar-refractivity contribution is 4.89. The van der Waals surface area contributed by atoms with E-state index in [9.17, 15) is 5.11 Å². The second-order valence-corrected chi connectivity index (χ2v) is 4.06. The van der Waals surface area contributed by atoms with Crippen LogP contribution >= 0.6 is 0 Å². The zero-order chi connectivity index (χ0) is 9.19. The Hall–Kier alpha value is -0.120. The van der Waals surface area contributed by atoms with Gasteiger partial charge >= 0.3 is 0 Å². The Morgan fingerprint density at radius 1 is 1.67 bits per heavy atom. The molecule has 0 aromatic heterocycles. The molecule has 1 heterocycles. The third-order valence-electron chi connectivity index (χ3n) is 2.83.